The highest BCUT2D eigenvalue weighted by Crippen LogP contribution is 2.59. The lowest BCUT2D eigenvalue weighted by molar-refractivity contribution is -0.186. The van der Waals surface area contributed by atoms with Crippen LogP contribution in [0.3, 0.4) is 0 Å². The summed E-state index contributed by atoms with van der Waals surface area (Å²) in [5.41, 5.74) is -2.79. The third kappa shape index (κ3) is 4.08. The average molecular weight is 542 g/mol. The first kappa shape index (κ1) is 24.9. The van der Waals surface area contributed by atoms with Gasteiger partial charge in [0.1, 0.15) is 11.2 Å². The molecule has 2 atom stereocenters. The predicted octanol–water partition coefficient (Wildman–Crippen LogP) is 5.51. The molecule has 2 N–H and O–H groups in total. The van der Waals surface area contributed by atoms with Crippen LogP contribution in [0.15, 0.2) is 18.2 Å². The fraction of sp³-hybridized carbons (Fsp3) is 0.542. The molecule has 1 fully saturated rings. The van der Waals surface area contributed by atoms with Crippen molar-refractivity contribution >= 4 is 15.9 Å². The topological polar surface area (TPSA) is 81.7 Å². The predicted molar refractivity (Wildman–Crippen MR) is 123 cm³/mol. The minimum atomic E-state index is -4.76. The molecule has 0 spiro atoms. The van der Waals surface area contributed by atoms with Gasteiger partial charge in [-0.05, 0) is 51.4 Å². The molecule has 4 rings (SSSR count). The molecule has 6 nitrogen and oxygen atoms in total. The van der Waals surface area contributed by atoms with Crippen molar-refractivity contribution in [3.63, 3.8) is 0 Å². The summed E-state index contributed by atoms with van der Waals surface area (Å²) in [6, 6.07) is 4.64. The standard InChI is InChI=1S/C24H27BrF3N3O3/c1-22-13-30(10-6-4-3-5-9-25)14-23(2,34-22)19-18(22)20(32)31(21(19)33)16-8-7-15(12-29)17(11-16)24(26,27)28/h7-8,11,32-33H,3-6,9-10,13-14H2,1-2H3/t22-,23+. The molecule has 34 heavy (non-hydrogen) atoms. The first-order chi connectivity index (χ1) is 15.9. The van der Waals surface area contributed by atoms with Crippen molar-refractivity contribution in [2.75, 3.05) is 25.0 Å². The molecule has 2 bridgehead atoms. The Balaban J connectivity index is 1.70. The average Bonchev–Trinajstić information content (AvgIpc) is 3.12. The largest absolute Gasteiger partial charge is 0.494 e. The van der Waals surface area contributed by atoms with Crippen LogP contribution in [0.25, 0.3) is 5.69 Å². The fourth-order valence-corrected chi connectivity index (χ4v) is 5.87. The highest BCUT2D eigenvalue weighted by Gasteiger charge is 2.58. The minimum Gasteiger partial charge on any atom is -0.494 e. The van der Waals surface area contributed by atoms with Crippen LogP contribution in [0.4, 0.5) is 13.2 Å². The Morgan fingerprint density at radius 1 is 1.06 bits per heavy atom. The summed E-state index contributed by atoms with van der Waals surface area (Å²) >= 11 is 3.44. The molecule has 0 saturated carbocycles. The molecular weight excluding hydrogens is 515 g/mol. The van der Waals surface area contributed by atoms with Gasteiger partial charge >= 0.3 is 6.18 Å². The third-order valence-electron chi connectivity index (χ3n) is 6.72. The van der Waals surface area contributed by atoms with E-state index in [4.69, 9.17) is 10.00 Å². The van der Waals surface area contributed by atoms with Crippen molar-refractivity contribution in [1.29, 1.82) is 5.26 Å². The van der Waals surface area contributed by atoms with Crippen molar-refractivity contribution in [3.8, 4) is 23.5 Å². The Kier molecular flexibility index (Phi) is 6.42. The van der Waals surface area contributed by atoms with Crippen molar-refractivity contribution in [2.24, 2.45) is 0 Å². The first-order valence-electron chi connectivity index (χ1n) is 11.2. The Hall–Kier alpha value is -2.22. The van der Waals surface area contributed by atoms with E-state index in [1.165, 1.54) is 6.07 Å². The quantitative estimate of drug-likeness (QED) is 0.356. The zero-order valence-electron chi connectivity index (χ0n) is 19.0. The summed E-state index contributed by atoms with van der Waals surface area (Å²) in [6.07, 6.45) is -0.364. The maximum atomic E-state index is 13.5. The monoisotopic (exact) mass is 541 g/mol. The molecular formula is C24H27BrF3N3O3. The summed E-state index contributed by atoms with van der Waals surface area (Å²) in [4.78, 5) is 2.25. The molecule has 0 aliphatic carbocycles. The zero-order chi connectivity index (χ0) is 24.9. The number of halogens is 4. The Bertz CT molecular complexity index is 1100. The number of hydrogen-bond donors (Lipinski definition) is 2. The smallest absolute Gasteiger partial charge is 0.417 e. The number of benzene rings is 1. The van der Waals surface area contributed by atoms with Gasteiger partial charge in [0.25, 0.3) is 0 Å². The molecule has 1 aromatic heterocycles. The summed E-state index contributed by atoms with van der Waals surface area (Å²) in [5.74, 6) is -0.702. The van der Waals surface area contributed by atoms with E-state index >= 15 is 0 Å². The van der Waals surface area contributed by atoms with Crippen molar-refractivity contribution in [2.45, 2.75) is 56.9 Å². The zero-order valence-corrected chi connectivity index (χ0v) is 20.6. The number of unbranched alkanes of at least 4 members (excludes halogenated alkanes) is 3. The van der Waals surface area contributed by atoms with Crippen LogP contribution < -0.4 is 0 Å². The Morgan fingerprint density at radius 3 is 2.18 bits per heavy atom. The summed E-state index contributed by atoms with van der Waals surface area (Å²) in [7, 11) is 0. The minimum absolute atomic E-state index is 0.0790. The van der Waals surface area contributed by atoms with Gasteiger partial charge in [-0.25, -0.2) is 0 Å². The van der Waals surface area contributed by atoms with Gasteiger partial charge in [-0.3, -0.25) is 9.47 Å². The maximum absolute atomic E-state index is 13.5. The van der Waals surface area contributed by atoms with Crippen molar-refractivity contribution < 1.29 is 28.1 Å². The van der Waals surface area contributed by atoms with Crippen LogP contribution in [0, 0.1) is 11.3 Å². The number of ether oxygens (including phenoxy) is 1. The number of nitrogens with zero attached hydrogens (tertiary/aromatic N) is 3. The van der Waals surface area contributed by atoms with Gasteiger partial charge in [0, 0.05) is 18.4 Å². The lowest BCUT2D eigenvalue weighted by Crippen LogP contribution is -2.51. The van der Waals surface area contributed by atoms with Crippen LogP contribution in [-0.4, -0.2) is 44.6 Å². The molecule has 1 aromatic carbocycles. The van der Waals surface area contributed by atoms with Crippen molar-refractivity contribution in [3.05, 3.63) is 40.5 Å². The molecule has 10 heteroatoms. The second kappa shape index (κ2) is 8.77. The third-order valence-corrected chi connectivity index (χ3v) is 7.29. The molecule has 0 unspecified atom stereocenters. The van der Waals surface area contributed by atoms with Gasteiger partial charge in [0.2, 0.25) is 11.8 Å². The number of aromatic hydroxyl groups is 2. The van der Waals surface area contributed by atoms with Gasteiger partial charge in [0.15, 0.2) is 0 Å². The number of hydrogen-bond acceptors (Lipinski definition) is 5. The summed E-state index contributed by atoms with van der Waals surface area (Å²) in [6.45, 7) is 5.50. The Morgan fingerprint density at radius 2 is 1.65 bits per heavy atom. The summed E-state index contributed by atoms with van der Waals surface area (Å²) < 4.78 is 47.8. The van der Waals surface area contributed by atoms with Crippen LogP contribution in [0.5, 0.6) is 11.8 Å². The number of alkyl halides is 4. The van der Waals surface area contributed by atoms with E-state index in [0.717, 1.165) is 54.3 Å². The van der Waals surface area contributed by atoms with E-state index in [2.05, 4.69) is 20.8 Å². The Labute approximate surface area is 204 Å². The summed E-state index contributed by atoms with van der Waals surface area (Å²) in [5, 5.41) is 32.4. The number of rotatable bonds is 7. The SMILES string of the molecule is C[C@]12CN(CCCCCCBr)C[C@](C)(O1)c1c2c(O)n(-c2ccc(C#N)c(C(F)(F)F)c2)c1O. The van der Waals surface area contributed by atoms with Gasteiger partial charge < -0.3 is 14.9 Å². The lowest BCUT2D eigenvalue weighted by atomic mass is 9.94. The van der Waals surface area contributed by atoms with Gasteiger partial charge in [-0.1, -0.05) is 28.8 Å². The molecule has 2 aromatic rings. The molecule has 2 aliphatic heterocycles. The molecule has 2 aliphatic rings. The number of nitriles is 1. The second-order valence-corrected chi connectivity index (χ2v) is 10.2. The number of aromatic nitrogens is 1. The maximum Gasteiger partial charge on any atom is 0.417 e. The highest BCUT2D eigenvalue weighted by atomic mass is 79.9. The van der Waals surface area contributed by atoms with Crippen LogP contribution in [0.2, 0.25) is 0 Å². The van der Waals surface area contributed by atoms with E-state index in [9.17, 15) is 23.4 Å². The van der Waals surface area contributed by atoms with E-state index in [1.807, 2.05) is 13.8 Å². The fourth-order valence-electron chi connectivity index (χ4n) is 5.47. The van der Waals surface area contributed by atoms with E-state index < -0.39 is 28.5 Å². The van der Waals surface area contributed by atoms with Crippen LogP contribution in [-0.2, 0) is 22.1 Å². The normalized spacial score (nSPS) is 24.3. The van der Waals surface area contributed by atoms with Gasteiger partial charge in [0.05, 0.1) is 34.0 Å². The molecule has 0 radical (unpaired) electrons. The van der Waals surface area contributed by atoms with Crippen molar-refractivity contribution in [1.82, 2.24) is 9.47 Å². The van der Waals surface area contributed by atoms with Crippen LogP contribution in [0.1, 0.15) is 61.8 Å². The highest BCUT2D eigenvalue weighted by molar-refractivity contribution is 9.09. The van der Waals surface area contributed by atoms with E-state index in [1.54, 1.807) is 6.07 Å². The number of fused-ring (bicyclic) bond motifs is 5. The lowest BCUT2D eigenvalue weighted by Gasteiger charge is -2.44. The van der Waals surface area contributed by atoms with Crippen LogP contribution >= 0.6 is 15.9 Å². The van der Waals surface area contributed by atoms with Gasteiger partial charge in [-0.15, -0.1) is 0 Å². The molecule has 0 amide bonds. The molecule has 1 saturated heterocycles. The first-order valence-corrected chi connectivity index (χ1v) is 12.3. The van der Waals surface area contributed by atoms with E-state index in [-0.39, 0.29) is 17.4 Å². The second-order valence-electron chi connectivity index (χ2n) is 9.45. The molecule has 184 valence electrons. The van der Waals surface area contributed by atoms with E-state index in [0.29, 0.717) is 24.2 Å². The van der Waals surface area contributed by atoms with Gasteiger partial charge in [-0.2, -0.15) is 18.4 Å². The number of morpholine rings is 1. The molecule has 3 heterocycles.